The Morgan fingerprint density at radius 1 is 1.35 bits per heavy atom. The Morgan fingerprint density at radius 2 is 2.18 bits per heavy atom. The number of carbonyl (C=O) groups excluding carboxylic acids is 2. The zero-order chi connectivity index (χ0) is 11.9. The average molecular weight is 233 g/mol. The highest BCUT2D eigenvalue weighted by molar-refractivity contribution is 6.00. The van der Waals surface area contributed by atoms with Gasteiger partial charge in [0.25, 0.3) is 0 Å². The fourth-order valence-electron chi connectivity index (χ4n) is 2.15. The van der Waals surface area contributed by atoms with Gasteiger partial charge in [-0.05, 0) is 12.1 Å². The Bertz CT molecular complexity index is 469. The van der Waals surface area contributed by atoms with Crippen LogP contribution in [0.2, 0.25) is 0 Å². The molecule has 1 spiro atoms. The monoisotopic (exact) mass is 233 g/mol. The largest absolute Gasteiger partial charge is 0.349 e. The van der Waals surface area contributed by atoms with Crippen molar-refractivity contribution in [2.24, 2.45) is 0 Å². The summed E-state index contributed by atoms with van der Waals surface area (Å²) >= 11 is 0. The van der Waals surface area contributed by atoms with Crippen molar-refractivity contribution in [2.75, 3.05) is 24.5 Å². The molecule has 1 aromatic rings. The Morgan fingerprint density at radius 3 is 2.88 bits per heavy atom. The van der Waals surface area contributed by atoms with Gasteiger partial charge in [-0.1, -0.05) is 0 Å². The second kappa shape index (κ2) is 3.41. The minimum absolute atomic E-state index is 0.0612. The molecule has 88 valence electrons. The number of nitrogens with zero attached hydrogens (tertiary/aromatic N) is 3. The molecule has 1 aromatic heterocycles. The quantitative estimate of drug-likeness (QED) is 0.602. The second-order valence-corrected chi connectivity index (χ2v) is 4.25. The topological polar surface area (TPSA) is 87.2 Å². The number of aromatic nitrogens is 2. The first kappa shape index (κ1) is 10.0. The first-order valence-corrected chi connectivity index (χ1v) is 5.32. The van der Waals surface area contributed by atoms with Gasteiger partial charge in [-0.2, -0.15) is 5.10 Å². The molecule has 3 rings (SSSR count). The maximum atomic E-state index is 11.7. The molecule has 2 aliphatic heterocycles. The van der Waals surface area contributed by atoms with Gasteiger partial charge in [0.2, 0.25) is 11.8 Å². The van der Waals surface area contributed by atoms with E-state index in [0.717, 1.165) is 0 Å². The fourth-order valence-corrected chi connectivity index (χ4v) is 2.15. The maximum Gasteiger partial charge on any atom is 0.249 e. The standard InChI is InChI=1S/C10H11N5O2/c16-8-4-11-9(17)10(13-8)5-15(6-10)7-2-1-3-12-14-7/h1-3H,4-6H2,(H,11,17)(H,13,16). The van der Waals surface area contributed by atoms with Gasteiger partial charge in [0.1, 0.15) is 0 Å². The van der Waals surface area contributed by atoms with Crippen molar-refractivity contribution in [3.05, 3.63) is 18.3 Å². The Hall–Kier alpha value is -2.18. The van der Waals surface area contributed by atoms with Gasteiger partial charge in [-0.3, -0.25) is 9.59 Å². The molecule has 2 aliphatic rings. The van der Waals surface area contributed by atoms with Crippen LogP contribution >= 0.6 is 0 Å². The molecule has 2 saturated heterocycles. The van der Waals surface area contributed by atoms with E-state index >= 15 is 0 Å². The molecule has 0 bridgehead atoms. The molecule has 2 N–H and O–H groups in total. The number of nitrogens with one attached hydrogen (secondary N) is 2. The summed E-state index contributed by atoms with van der Waals surface area (Å²) in [5, 5.41) is 13.1. The molecule has 3 heterocycles. The predicted molar refractivity (Wildman–Crippen MR) is 58.1 cm³/mol. The van der Waals surface area contributed by atoms with E-state index < -0.39 is 5.54 Å². The van der Waals surface area contributed by atoms with Crippen LogP contribution in [-0.2, 0) is 9.59 Å². The molecule has 2 fully saturated rings. The molecule has 7 heteroatoms. The van der Waals surface area contributed by atoms with Crippen LogP contribution in [0.5, 0.6) is 0 Å². The first-order valence-electron chi connectivity index (χ1n) is 5.32. The Kier molecular flexibility index (Phi) is 2.01. The molecular weight excluding hydrogens is 222 g/mol. The number of carbonyl (C=O) groups is 2. The van der Waals surface area contributed by atoms with Crippen molar-refractivity contribution >= 4 is 17.6 Å². The highest BCUT2D eigenvalue weighted by Crippen LogP contribution is 2.26. The van der Waals surface area contributed by atoms with E-state index in [-0.39, 0.29) is 18.4 Å². The van der Waals surface area contributed by atoms with Crippen molar-refractivity contribution in [3.63, 3.8) is 0 Å². The lowest BCUT2D eigenvalue weighted by Crippen LogP contribution is -2.80. The highest BCUT2D eigenvalue weighted by Gasteiger charge is 2.52. The smallest absolute Gasteiger partial charge is 0.249 e. The summed E-state index contributed by atoms with van der Waals surface area (Å²) in [4.78, 5) is 24.9. The van der Waals surface area contributed by atoms with Gasteiger partial charge in [0.15, 0.2) is 11.4 Å². The van der Waals surface area contributed by atoms with Crippen molar-refractivity contribution < 1.29 is 9.59 Å². The summed E-state index contributed by atoms with van der Waals surface area (Å²) in [6.07, 6.45) is 1.59. The average Bonchev–Trinajstić information content (AvgIpc) is 2.30. The number of hydrogen-bond acceptors (Lipinski definition) is 5. The van der Waals surface area contributed by atoms with Gasteiger partial charge in [0.05, 0.1) is 19.6 Å². The third kappa shape index (κ3) is 1.50. The van der Waals surface area contributed by atoms with Crippen LogP contribution in [0.1, 0.15) is 0 Å². The van der Waals surface area contributed by atoms with E-state index in [2.05, 4.69) is 20.8 Å². The van der Waals surface area contributed by atoms with Crippen LogP contribution in [0, 0.1) is 0 Å². The summed E-state index contributed by atoms with van der Waals surface area (Å²) in [7, 11) is 0. The van der Waals surface area contributed by atoms with Gasteiger partial charge in [-0.25, -0.2) is 0 Å². The second-order valence-electron chi connectivity index (χ2n) is 4.25. The molecule has 0 saturated carbocycles. The maximum absolute atomic E-state index is 11.7. The van der Waals surface area contributed by atoms with Gasteiger partial charge in [-0.15, -0.1) is 5.10 Å². The third-order valence-corrected chi connectivity index (χ3v) is 3.03. The van der Waals surface area contributed by atoms with E-state index in [9.17, 15) is 9.59 Å². The summed E-state index contributed by atoms with van der Waals surface area (Å²) in [5.41, 5.74) is -0.785. The zero-order valence-electron chi connectivity index (χ0n) is 9.01. The van der Waals surface area contributed by atoms with Crippen LogP contribution in [0.4, 0.5) is 5.82 Å². The lowest BCUT2D eigenvalue weighted by atomic mass is 9.87. The van der Waals surface area contributed by atoms with Crippen LogP contribution in [0.15, 0.2) is 18.3 Å². The van der Waals surface area contributed by atoms with Crippen LogP contribution in [0.25, 0.3) is 0 Å². The molecule has 17 heavy (non-hydrogen) atoms. The Balaban J connectivity index is 1.75. The molecule has 0 atom stereocenters. The van der Waals surface area contributed by atoms with Crippen molar-refractivity contribution in [2.45, 2.75) is 5.54 Å². The third-order valence-electron chi connectivity index (χ3n) is 3.03. The minimum atomic E-state index is -0.785. The predicted octanol–water partition coefficient (Wildman–Crippen LogP) is -1.72. The zero-order valence-corrected chi connectivity index (χ0v) is 9.01. The van der Waals surface area contributed by atoms with Crippen molar-refractivity contribution in [1.82, 2.24) is 20.8 Å². The molecule has 7 nitrogen and oxygen atoms in total. The van der Waals surface area contributed by atoms with Gasteiger partial charge >= 0.3 is 0 Å². The van der Waals surface area contributed by atoms with E-state index in [0.29, 0.717) is 18.9 Å². The SMILES string of the molecule is O=C1CNC(=O)C2(CN(c3cccnn3)C2)N1. The summed E-state index contributed by atoms with van der Waals surface area (Å²) in [6.45, 7) is 0.929. The molecular formula is C10H11N5O2. The summed E-state index contributed by atoms with van der Waals surface area (Å²) < 4.78 is 0. The number of anilines is 1. The normalized spacial score (nSPS) is 21.8. The number of rotatable bonds is 1. The number of piperazine rings is 1. The van der Waals surface area contributed by atoms with Crippen LogP contribution < -0.4 is 15.5 Å². The van der Waals surface area contributed by atoms with Gasteiger partial charge < -0.3 is 15.5 Å². The first-order chi connectivity index (χ1) is 8.20. The van der Waals surface area contributed by atoms with Crippen molar-refractivity contribution in [1.29, 1.82) is 0 Å². The number of hydrogen-bond donors (Lipinski definition) is 2. The minimum Gasteiger partial charge on any atom is -0.349 e. The van der Waals surface area contributed by atoms with E-state index in [1.807, 2.05) is 11.0 Å². The van der Waals surface area contributed by atoms with Crippen LogP contribution in [-0.4, -0.2) is 47.2 Å². The van der Waals surface area contributed by atoms with E-state index in [1.54, 1.807) is 12.3 Å². The van der Waals surface area contributed by atoms with E-state index in [4.69, 9.17) is 0 Å². The fraction of sp³-hybridized carbons (Fsp3) is 0.400. The van der Waals surface area contributed by atoms with E-state index in [1.165, 1.54) is 0 Å². The van der Waals surface area contributed by atoms with Gasteiger partial charge in [0, 0.05) is 6.20 Å². The molecule has 0 radical (unpaired) electrons. The lowest BCUT2D eigenvalue weighted by molar-refractivity contribution is -0.139. The molecule has 0 unspecified atom stereocenters. The molecule has 0 aromatic carbocycles. The molecule has 2 amide bonds. The van der Waals surface area contributed by atoms with Crippen molar-refractivity contribution in [3.8, 4) is 0 Å². The Labute approximate surface area is 97.2 Å². The lowest BCUT2D eigenvalue weighted by Gasteiger charge is -2.50. The summed E-state index contributed by atoms with van der Waals surface area (Å²) in [5.74, 6) is 0.436. The summed E-state index contributed by atoms with van der Waals surface area (Å²) in [6, 6.07) is 3.61. The highest BCUT2D eigenvalue weighted by atomic mass is 16.2. The molecule has 0 aliphatic carbocycles. The van der Waals surface area contributed by atoms with Crippen LogP contribution in [0.3, 0.4) is 0 Å². The number of amides is 2.